The van der Waals surface area contributed by atoms with Crippen molar-refractivity contribution in [2.24, 2.45) is 0 Å². The number of hydrogen-bond donors (Lipinski definition) is 1. The van der Waals surface area contributed by atoms with Gasteiger partial charge in [-0.15, -0.1) is 0 Å². The van der Waals surface area contributed by atoms with E-state index in [-0.39, 0.29) is 31.2 Å². The summed E-state index contributed by atoms with van der Waals surface area (Å²) < 4.78 is 28.8. The molecule has 1 fully saturated rings. The van der Waals surface area contributed by atoms with Gasteiger partial charge in [0.25, 0.3) is 0 Å². The largest absolute Gasteiger partial charge is 0.434 e. The van der Waals surface area contributed by atoms with Gasteiger partial charge in [-0.3, -0.25) is 4.79 Å². The lowest BCUT2D eigenvalue weighted by molar-refractivity contribution is -0.128. The van der Waals surface area contributed by atoms with Gasteiger partial charge in [0.15, 0.2) is 0 Å². The monoisotopic (exact) mass is 257 g/mol. The summed E-state index contributed by atoms with van der Waals surface area (Å²) in [7, 11) is 0. The zero-order valence-electron chi connectivity index (χ0n) is 9.55. The quantitative estimate of drug-likeness (QED) is 0.886. The van der Waals surface area contributed by atoms with Crippen LogP contribution in [-0.2, 0) is 11.3 Å². The maximum atomic E-state index is 12.2. The molecule has 4 nitrogen and oxygen atoms in total. The first-order valence-corrected chi connectivity index (χ1v) is 5.55. The molecule has 6 heteroatoms. The second-order valence-corrected chi connectivity index (χ2v) is 4.12. The van der Waals surface area contributed by atoms with Gasteiger partial charge in [0.2, 0.25) is 5.91 Å². The van der Waals surface area contributed by atoms with Gasteiger partial charge >= 0.3 is 6.61 Å². The number of rotatable bonds is 4. The lowest BCUT2D eigenvalue weighted by atomic mass is 10.2. The van der Waals surface area contributed by atoms with Gasteiger partial charge in [0.1, 0.15) is 5.75 Å². The second-order valence-electron chi connectivity index (χ2n) is 4.12. The van der Waals surface area contributed by atoms with Crippen molar-refractivity contribution in [2.45, 2.75) is 25.7 Å². The van der Waals surface area contributed by atoms with Crippen LogP contribution in [0.15, 0.2) is 24.3 Å². The number of para-hydroxylation sites is 1. The van der Waals surface area contributed by atoms with Gasteiger partial charge in [-0.1, -0.05) is 18.2 Å². The fraction of sp³-hybridized carbons (Fsp3) is 0.417. The zero-order valence-corrected chi connectivity index (χ0v) is 9.55. The van der Waals surface area contributed by atoms with Crippen LogP contribution in [0.25, 0.3) is 0 Å². The molecule has 18 heavy (non-hydrogen) atoms. The molecule has 1 aromatic rings. The molecule has 2 rings (SSSR count). The number of alkyl halides is 2. The number of carbonyl (C=O) groups excluding carboxylic acids is 1. The Bertz CT molecular complexity index is 439. The van der Waals surface area contributed by atoms with Crippen LogP contribution in [0.2, 0.25) is 0 Å². The molecule has 1 saturated heterocycles. The summed E-state index contributed by atoms with van der Waals surface area (Å²) in [6, 6.07) is 6.32. The standard InChI is InChI=1S/C12H13F2NO3/c13-12(14)18-10-4-2-1-3-8(10)6-15-7-9(16)5-11(15)17/h1-4,9,12,16H,5-7H2. The van der Waals surface area contributed by atoms with Crippen LogP contribution >= 0.6 is 0 Å². The highest BCUT2D eigenvalue weighted by Crippen LogP contribution is 2.24. The molecule has 0 aromatic heterocycles. The van der Waals surface area contributed by atoms with Crippen LogP contribution in [0.3, 0.4) is 0 Å². The molecule has 1 atom stereocenters. The summed E-state index contributed by atoms with van der Waals surface area (Å²) in [6.07, 6.45) is -0.599. The molecular weight excluding hydrogens is 244 g/mol. The topological polar surface area (TPSA) is 49.8 Å². The Labute approximate surface area is 103 Å². The van der Waals surface area contributed by atoms with Crippen molar-refractivity contribution < 1.29 is 23.4 Å². The first-order chi connectivity index (χ1) is 8.56. The third-order valence-electron chi connectivity index (χ3n) is 2.74. The van der Waals surface area contributed by atoms with Crippen LogP contribution in [-0.4, -0.2) is 35.2 Å². The van der Waals surface area contributed by atoms with Crippen molar-refractivity contribution in [3.05, 3.63) is 29.8 Å². The normalized spacial score (nSPS) is 19.7. The molecule has 1 N–H and O–H groups in total. The summed E-state index contributed by atoms with van der Waals surface area (Å²) >= 11 is 0. The highest BCUT2D eigenvalue weighted by atomic mass is 19.3. The number of carbonyl (C=O) groups is 1. The molecule has 1 unspecified atom stereocenters. The number of amides is 1. The average molecular weight is 257 g/mol. The second kappa shape index (κ2) is 5.30. The van der Waals surface area contributed by atoms with Crippen LogP contribution in [0, 0.1) is 0 Å². The Morgan fingerprint density at radius 2 is 2.17 bits per heavy atom. The Morgan fingerprint density at radius 3 is 2.78 bits per heavy atom. The van der Waals surface area contributed by atoms with Crippen LogP contribution < -0.4 is 4.74 Å². The fourth-order valence-electron chi connectivity index (χ4n) is 1.96. The summed E-state index contributed by atoms with van der Waals surface area (Å²) in [6.45, 7) is -2.51. The van der Waals surface area contributed by atoms with Crippen LogP contribution in [0.5, 0.6) is 5.75 Å². The average Bonchev–Trinajstić information content (AvgIpc) is 2.59. The number of aliphatic hydroxyl groups excluding tert-OH is 1. The number of hydrogen-bond acceptors (Lipinski definition) is 3. The molecule has 0 aliphatic carbocycles. The summed E-state index contributed by atoms with van der Waals surface area (Å²) in [5.41, 5.74) is 0.500. The third kappa shape index (κ3) is 2.95. The Kier molecular flexibility index (Phi) is 3.76. The third-order valence-corrected chi connectivity index (χ3v) is 2.74. The maximum Gasteiger partial charge on any atom is 0.387 e. The molecule has 0 saturated carbocycles. The van der Waals surface area contributed by atoms with Crippen LogP contribution in [0.4, 0.5) is 8.78 Å². The molecule has 0 bridgehead atoms. The van der Waals surface area contributed by atoms with Crippen molar-refractivity contribution in [3.8, 4) is 5.75 Å². The van der Waals surface area contributed by atoms with Gasteiger partial charge in [0.05, 0.1) is 12.5 Å². The van der Waals surface area contributed by atoms with Crippen molar-refractivity contribution in [1.29, 1.82) is 0 Å². The van der Waals surface area contributed by atoms with E-state index in [1.807, 2.05) is 0 Å². The molecule has 1 aliphatic heterocycles. The van der Waals surface area contributed by atoms with E-state index in [9.17, 15) is 18.7 Å². The number of ether oxygens (including phenoxy) is 1. The minimum atomic E-state index is -2.90. The summed E-state index contributed by atoms with van der Waals surface area (Å²) in [5, 5.41) is 9.35. The lowest BCUT2D eigenvalue weighted by Crippen LogP contribution is -2.25. The molecule has 0 radical (unpaired) electrons. The SMILES string of the molecule is O=C1CC(O)CN1Cc1ccccc1OC(F)F. The van der Waals surface area contributed by atoms with Crippen molar-refractivity contribution in [2.75, 3.05) is 6.54 Å². The molecule has 98 valence electrons. The molecule has 1 aliphatic rings. The van der Waals surface area contributed by atoms with Gasteiger partial charge in [-0.2, -0.15) is 8.78 Å². The van der Waals surface area contributed by atoms with E-state index >= 15 is 0 Å². The number of halogens is 2. The van der Waals surface area contributed by atoms with E-state index < -0.39 is 12.7 Å². The molecule has 1 aromatic carbocycles. The van der Waals surface area contributed by atoms with E-state index in [2.05, 4.69) is 4.74 Å². The maximum absolute atomic E-state index is 12.2. The number of nitrogens with zero attached hydrogens (tertiary/aromatic N) is 1. The predicted molar refractivity (Wildman–Crippen MR) is 59.1 cm³/mol. The first-order valence-electron chi connectivity index (χ1n) is 5.55. The Balaban J connectivity index is 2.11. The number of β-amino-alcohol motifs (C(OH)–C–C–N with tert-alkyl or cyclic N) is 1. The van der Waals surface area contributed by atoms with E-state index in [4.69, 9.17) is 0 Å². The van der Waals surface area contributed by atoms with Crippen molar-refractivity contribution in [1.82, 2.24) is 4.90 Å². The number of aliphatic hydroxyl groups is 1. The molecule has 1 heterocycles. The van der Waals surface area contributed by atoms with Crippen molar-refractivity contribution >= 4 is 5.91 Å². The van der Waals surface area contributed by atoms with Gasteiger partial charge in [-0.05, 0) is 6.07 Å². The van der Waals surface area contributed by atoms with Crippen LogP contribution in [0.1, 0.15) is 12.0 Å². The van der Waals surface area contributed by atoms with E-state index in [1.54, 1.807) is 18.2 Å². The smallest absolute Gasteiger partial charge is 0.387 e. The minimum absolute atomic E-state index is 0.0571. The van der Waals surface area contributed by atoms with Crippen molar-refractivity contribution in [3.63, 3.8) is 0 Å². The first kappa shape index (κ1) is 12.8. The van der Waals surface area contributed by atoms with Gasteiger partial charge in [0, 0.05) is 18.7 Å². The minimum Gasteiger partial charge on any atom is -0.434 e. The molecule has 1 amide bonds. The highest BCUT2D eigenvalue weighted by molar-refractivity contribution is 5.79. The van der Waals surface area contributed by atoms with E-state index in [1.165, 1.54) is 11.0 Å². The number of likely N-dealkylation sites (tertiary alicyclic amines) is 1. The van der Waals surface area contributed by atoms with Gasteiger partial charge in [-0.25, -0.2) is 0 Å². The number of benzene rings is 1. The summed E-state index contributed by atoms with van der Waals surface area (Å²) in [5.74, 6) is -0.129. The summed E-state index contributed by atoms with van der Waals surface area (Å²) in [4.78, 5) is 12.9. The Hall–Kier alpha value is -1.69. The Morgan fingerprint density at radius 1 is 1.44 bits per heavy atom. The molecule has 0 spiro atoms. The highest BCUT2D eigenvalue weighted by Gasteiger charge is 2.28. The van der Waals surface area contributed by atoms with E-state index in [0.29, 0.717) is 5.56 Å². The predicted octanol–water partition coefficient (Wildman–Crippen LogP) is 1.38. The van der Waals surface area contributed by atoms with E-state index in [0.717, 1.165) is 0 Å². The molecular formula is C12H13F2NO3. The zero-order chi connectivity index (χ0) is 13.1. The fourth-order valence-corrected chi connectivity index (χ4v) is 1.96. The van der Waals surface area contributed by atoms with Gasteiger partial charge < -0.3 is 14.7 Å². The lowest BCUT2D eigenvalue weighted by Gasteiger charge is -2.18.